The van der Waals surface area contributed by atoms with Gasteiger partial charge in [-0.05, 0) is 73.2 Å². The average Bonchev–Trinajstić information content (AvgIpc) is 3.57. The van der Waals surface area contributed by atoms with Crippen LogP contribution in [0, 0.1) is 12.8 Å². The molecule has 2 aromatic heterocycles. The molecule has 0 atom stereocenters. The highest BCUT2D eigenvalue weighted by molar-refractivity contribution is 6.30. The van der Waals surface area contributed by atoms with Crippen molar-refractivity contribution in [2.24, 2.45) is 5.92 Å². The quantitative estimate of drug-likeness (QED) is 0.403. The van der Waals surface area contributed by atoms with E-state index in [-0.39, 0.29) is 0 Å². The minimum Gasteiger partial charge on any atom is -0.370 e. The van der Waals surface area contributed by atoms with Gasteiger partial charge >= 0.3 is 0 Å². The van der Waals surface area contributed by atoms with Gasteiger partial charge in [0.15, 0.2) is 0 Å². The molecular formula is C25H22ClN3. The number of hydrogen-bond donors (Lipinski definition) is 1. The Morgan fingerprint density at radius 2 is 1.69 bits per heavy atom. The van der Waals surface area contributed by atoms with Crippen molar-refractivity contribution in [2.45, 2.75) is 19.8 Å². The molecule has 0 radical (unpaired) electrons. The van der Waals surface area contributed by atoms with Crippen LogP contribution in [-0.4, -0.2) is 16.5 Å². The standard InChI is InChI=1S/C25H22ClN3/c1-16-12-25(28-14-17-2-3-17)29-24-11-6-19(13-22(16)24)23-10-7-20(15-27-23)18-4-8-21(26)9-5-18/h4-13,15,17H,2-3,14H2,1H3,(H,28,29). The van der Waals surface area contributed by atoms with E-state index in [4.69, 9.17) is 21.6 Å². The molecule has 4 heteroatoms. The van der Waals surface area contributed by atoms with Gasteiger partial charge in [-0.1, -0.05) is 35.9 Å². The van der Waals surface area contributed by atoms with Crippen LogP contribution in [0.4, 0.5) is 5.82 Å². The van der Waals surface area contributed by atoms with Crippen molar-refractivity contribution in [3.8, 4) is 22.4 Å². The van der Waals surface area contributed by atoms with Crippen LogP contribution in [0.3, 0.4) is 0 Å². The Morgan fingerprint density at radius 3 is 2.41 bits per heavy atom. The summed E-state index contributed by atoms with van der Waals surface area (Å²) in [6, 6.07) is 20.5. The summed E-state index contributed by atoms with van der Waals surface area (Å²) in [4.78, 5) is 9.48. The van der Waals surface area contributed by atoms with Gasteiger partial charge in [-0.2, -0.15) is 0 Å². The minimum absolute atomic E-state index is 0.740. The number of nitrogens with one attached hydrogen (secondary N) is 1. The Kier molecular flexibility index (Phi) is 4.69. The summed E-state index contributed by atoms with van der Waals surface area (Å²) in [6.45, 7) is 3.17. The summed E-state index contributed by atoms with van der Waals surface area (Å²) in [6.07, 6.45) is 4.60. The van der Waals surface area contributed by atoms with E-state index >= 15 is 0 Å². The predicted molar refractivity (Wildman–Crippen MR) is 121 cm³/mol. The molecule has 29 heavy (non-hydrogen) atoms. The van der Waals surface area contributed by atoms with Gasteiger partial charge in [-0.25, -0.2) is 4.98 Å². The van der Waals surface area contributed by atoms with E-state index < -0.39 is 0 Å². The molecule has 0 spiro atoms. The Balaban J connectivity index is 1.42. The Hall–Kier alpha value is -2.91. The first-order chi connectivity index (χ1) is 14.2. The van der Waals surface area contributed by atoms with Gasteiger partial charge in [0, 0.05) is 34.3 Å². The monoisotopic (exact) mass is 399 g/mol. The van der Waals surface area contributed by atoms with E-state index in [0.29, 0.717) is 0 Å². The topological polar surface area (TPSA) is 37.8 Å². The molecule has 1 aliphatic rings. The van der Waals surface area contributed by atoms with Gasteiger partial charge in [0.2, 0.25) is 0 Å². The van der Waals surface area contributed by atoms with Gasteiger partial charge in [-0.15, -0.1) is 0 Å². The molecule has 1 N–H and O–H groups in total. The van der Waals surface area contributed by atoms with Crippen molar-refractivity contribution >= 4 is 28.3 Å². The number of aromatic nitrogens is 2. The van der Waals surface area contributed by atoms with Crippen molar-refractivity contribution in [2.75, 3.05) is 11.9 Å². The number of anilines is 1. The van der Waals surface area contributed by atoms with Crippen LogP contribution in [0.25, 0.3) is 33.3 Å². The fourth-order valence-electron chi connectivity index (χ4n) is 3.59. The second-order valence-corrected chi connectivity index (χ2v) is 8.26. The van der Waals surface area contributed by atoms with Gasteiger partial charge in [-0.3, -0.25) is 4.98 Å². The second kappa shape index (κ2) is 7.49. The first-order valence-corrected chi connectivity index (χ1v) is 10.4. The third-order valence-corrected chi connectivity index (χ3v) is 5.77. The van der Waals surface area contributed by atoms with Crippen LogP contribution in [0.2, 0.25) is 5.02 Å². The summed E-state index contributed by atoms with van der Waals surface area (Å²) in [5.41, 5.74) is 6.50. The van der Waals surface area contributed by atoms with Crippen molar-refractivity contribution in [1.29, 1.82) is 0 Å². The van der Waals surface area contributed by atoms with E-state index in [1.165, 1.54) is 23.8 Å². The lowest BCUT2D eigenvalue weighted by Crippen LogP contribution is -2.05. The van der Waals surface area contributed by atoms with Crippen LogP contribution in [-0.2, 0) is 0 Å². The molecule has 0 unspecified atom stereocenters. The third kappa shape index (κ3) is 3.96. The molecule has 1 fully saturated rings. The molecule has 1 aliphatic carbocycles. The number of rotatable bonds is 5. The van der Waals surface area contributed by atoms with Crippen molar-refractivity contribution in [1.82, 2.24) is 9.97 Å². The maximum absolute atomic E-state index is 5.98. The molecule has 144 valence electrons. The zero-order chi connectivity index (χ0) is 19.8. The zero-order valence-electron chi connectivity index (χ0n) is 16.3. The highest BCUT2D eigenvalue weighted by Gasteiger charge is 2.20. The molecule has 0 bridgehead atoms. The van der Waals surface area contributed by atoms with Gasteiger partial charge in [0.05, 0.1) is 11.2 Å². The van der Waals surface area contributed by atoms with Crippen molar-refractivity contribution in [3.05, 3.63) is 77.4 Å². The zero-order valence-corrected chi connectivity index (χ0v) is 17.1. The van der Waals surface area contributed by atoms with E-state index in [1.807, 2.05) is 30.5 Å². The van der Waals surface area contributed by atoms with Crippen molar-refractivity contribution < 1.29 is 0 Å². The smallest absolute Gasteiger partial charge is 0.126 e. The maximum atomic E-state index is 5.98. The fourth-order valence-corrected chi connectivity index (χ4v) is 3.72. The Labute approximate surface area is 175 Å². The molecule has 5 rings (SSSR count). The van der Waals surface area contributed by atoms with Crippen LogP contribution >= 0.6 is 11.6 Å². The number of pyridine rings is 2. The number of nitrogens with zero attached hydrogens (tertiary/aromatic N) is 2. The van der Waals surface area contributed by atoms with Crippen LogP contribution < -0.4 is 5.32 Å². The number of fused-ring (bicyclic) bond motifs is 1. The second-order valence-electron chi connectivity index (χ2n) is 7.82. The summed E-state index contributed by atoms with van der Waals surface area (Å²) >= 11 is 5.98. The lowest BCUT2D eigenvalue weighted by molar-refractivity contribution is 0.884. The predicted octanol–water partition coefficient (Wildman–Crippen LogP) is 6.75. The maximum Gasteiger partial charge on any atom is 0.126 e. The molecule has 2 aromatic carbocycles. The summed E-state index contributed by atoms with van der Waals surface area (Å²) in [7, 11) is 0. The van der Waals surface area contributed by atoms with Crippen LogP contribution in [0.15, 0.2) is 66.9 Å². The summed E-state index contributed by atoms with van der Waals surface area (Å²) < 4.78 is 0. The van der Waals surface area contributed by atoms with Gasteiger partial charge < -0.3 is 5.32 Å². The minimum atomic E-state index is 0.740. The molecule has 0 aliphatic heterocycles. The molecule has 0 amide bonds. The van der Waals surface area contributed by atoms with E-state index in [1.54, 1.807) is 0 Å². The van der Waals surface area contributed by atoms with Crippen LogP contribution in [0.1, 0.15) is 18.4 Å². The van der Waals surface area contributed by atoms with Gasteiger partial charge in [0.1, 0.15) is 5.82 Å². The molecule has 0 saturated heterocycles. The average molecular weight is 400 g/mol. The van der Waals surface area contributed by atoms with E-state index in [0.717, 1.165) is 51.2 Å². The van der Waals surface area contributed by atoms with Crippen LogP contribution in [0.5, 0.6) is 0 Å². The molecule has 4 aromatic rings. The number of aryl methyl sites for hydroxylation is 1. The normalized spacial score (nSPS) is 13.6. The largest absolute Gasteiger partial charge is 0.370 e. The van der Waals surface area contributed by atoms with E-state index in [9.17, 15) is 0 Å². The SMILES string of the molecule is Cc1cc(NCC2CC2)nc2ccc(-c3ccc(-c4ccc(Cl)cc4)cn3)cc12. The number of benzene rings is 2. The highest BCUT2D eigenvalue weighted by Crippen LogP contribution is 2.30. The highest BCUT2D eigenvalue weighted by atomic mass is 35.5. The molecule has 3 nitrogen and oxygen atoms in total. The van der Waals surface area contributed by atoms with Gasteiger partial charge in [0.25, 0.3) is 0 Å². The Bertz CT molecular complexity index is 1160. The first-order valence-electron chi connectivity index (χ1n) is 10.0. The number of hydrogen-bond acceptors (Lipinski definition) is 3. The Morgan fingerprint density at radius 1 is 0.931 bits per heavy atom. The molecule has 2 heterocycles. The molecule has 1 saturated carbocycles. The molecular weight excluding hydrogens is 378 g/mol. The van der Waals surface area contributed by atoms with E-state index in [2.05, 4.69) is 48.6 Å². The number of halogens is 1. The summed E-state index contributed by atoms with van der Waals surface area (Å²) in [5, 5.41) is 5.39. The van der Waals surface area contributed by atoms with Crippen molar-refractivity contribution in [3.63, 3.8) is 0 Å². The summed E-state index contributed by atoms with van der Waals surface area (Å²) in [5.74, 6) is 1.80. The first kappa shape index (κ1) is 18.1. The lowest BCUT2D eigenvalue weighted by atomic mass is 10.0. The third-order valence-electron chi connectivity index (χ3n) is 5.52. The fraction of sp³-hybridized carbons (Fsp3) is 0.200. The lowest BCUT2D eigenvalue weighted by Gasteiger charge is -2.10.